The van der Waals surface area contributed by atoms with Gasteiger partial charge in [0.15, 0.2) is 29.1 Å². The third kappa shape index (κ3) is 6.00. The van der Waals surface area contributed by atoms with E-state index >= 15 is 0 Å². The molecule has 0 aliphatic rings. The first kappa shape index (κ1) is 35.3. The van der Waals surface area contributed by atoms with Crippen LogP contribution in [-0.2, 0) is 0 Å². The Hall–Kier alpha value is -8.62. The zero-order valence-corrected chi connectivity index (χ0v) is 33.1. The molecule has 0 aliphatic heterocycles. The van der Waals surface area contributed by atoms with Gasteiger partial charge in [-0.05, 0) is 23.8 Å². The molecule has 0 aliphatic carbocycles. The summed E-state index contributed by atoms with van der Waals surface area (Å²) in [6.45, 7) is 0. The molecule has 0 N–H and O–H groups in total. The van der Waals surface area contributed by atoms with Crippen molar-refractivity contribution in [2.75, 3.05) is 0 Å². The lowest BCUT2D eigenvalue weighted by Crippen LogP contribution is -2.07. The molecule has 0 unspecified atom stereocenters. The van der Waals surface area contributed by atoms with E-state index in [-0.39, 0.29) is 0 Å². The van der Waals surface area contributed by atoms with Gasteiger partial charge in [0.2, 0.25) is 5.95 Å². The number of hydrogen-bond acceptors (Lipinski definition) is 7. The number of hydrogen-bond donors (Lipinski definition) is 0. The van der Waals surface area contributed by atoms with Gasteiger partial charge < -0.3 is 4.42 Å². The molecule has 12 rings (SSSR count). The van der Waals surface area contributed by atoms with E-state index in [2.05, 4.69) is 71.3 Å². The summed E-state index contributed by atoms with van der Waals surface area (Å²) in [6.07, 6.45) is 0. The Balaban J connectivity index is 1.12. The summed E-state index contributed by atoms with van der Waals surface area (Å²) >= 11 is 0. The van der Waals surface area contributed by atoms with Gasteiger partial charge in [-0.2, -0.15) is 9.97 Å². The third-order valence-corrected chi connectivity index (χ3v) is 11.3. The summed E-state index contributed by atoms with van der Waals surface area (Å²) in [4.78, 5) is 30.4. The second-order valence-electron chi connectivity index (χ2n) is 15.1. The van der Waals surface area contributed by atoms with Gasteiger partial charge in [-0.1, -0.05) is 182 Å². The fourth-order valence-electron chi connectivity index (χ4n) is 8.39. The smallest absolute Gasteiger partial charge is 0.238 e. The van der Waals surface area contributed by atoms with Gasteiger partial charge in [0.05, 0.1) is 16.4 Å². The predicted molar refractivity (Wildman–Crippen MR) is 247 cm³/mol. The predicted octanol–water partition coefficient (Wildman–Crippen LogP) is 13.1. The van der Waals surface area contributed by atoms with E-state index in [9.17, 15) is 0 Å². The number of benzene rings is 8. The summed E-state index contributed by atoms with van der Waals surface area (Å²) in [5.41, 5.74) is 10.0. The van der Waals surface area contributed by atoms with Crippen LogP contribution in [0, 0.1) is 0 Å². The molecule has 0 amide bonds. The van der Waals surface area contributed by atoms with E-state index in [1.54, 1.807) is 0 Å². The first-order valence-corrected chi connectivity index (χ1v) is 20.5. The number of nitrogens with zero attached hydrogens (tertiary/aromatic N) is 7. The molecule has 62 heavy (non-hydrogen) atoms. The van der Waals surface area contributed by atoms with Crippen LogP contribution in [0.5, 0.6) is 0 Å². The van der Waals surface area contributed by atoms with Crippen molar-refractivity contribution in [3.8, 4) is 74.0 Å². The van der Waals surface area contributed by atoms with Crippen LogP contribution in [-0.4, -0.2) is 34.5 Å². The molecule has 0 saturated heterocycles. The average molecular weight is 796 g/mol. The second-order valence-corrected chi connectivity index (χ2v) is 15.1. The Morgan fingerprint density at radius 1 is 0.339 bits per heavy atom. The first-order valence-electron chi connectivity index (χ1n) is 20.5. The van der Waals surface area contributed by atoms with Crippen LogP contribution in [0.15, 0.2) is 205 Å². The molecule has 4 aromatic heterocycles. The van der Waals surface area contributed by atoms with Crippen LogP contribution in [0.1, 0.15) is 0 Å². The fourth-order valence-corrected chi connectivity index (χ4v) is 8.39. The van der Waals surface area contributed by atoms with Gasteiger partial charge in [0.1, 0.15) is 11.2 Å². The molecule has 4 heterocycles. The van der Waals surface area contributed by atoms with Crippen LogP contribution in [0.25, 0.3) is 118 Å². The zero-order chi connectivity index (χ0) is 41.0. The number of aromatic nitrogens is 7. The maximum Gasteiger partial charge on any atom is 0.238 e. The van der Waals surface area contributed by atoms with Crippen molar-refractivity contribution in [1.29, 1.82) is 0 Å². The molecule has 0 fully saturated rings. The highest BCUT2D eigenvalue weighted by atomic mass is 16.3. The SMILES string of the molecule is c1ccc(-c2nc(-c3ccccc3)nc(-c3ccc(-c4cc5c6ccccc6oc5c5c6ccccc6n(-c6nc(-c7ccccc7)nc(-c7ccccc7)n6)c45)cc3)n2)cc1. The average Bonchev–Trinajstić information content (AvgIpc) is 3.91. The molecular formula is C54H33N7O. The maximum absolute atomic E-state index is 6.78. The molecule has 0 radical (unpaired) electrons. The Morgan fingerprint density at radius 2 is 0.742 bits per heavy atom. The third-order valence-electron chi connectivity index (χ3n) is 11.3. The molecule has 8 nitrogen and oxygen atoms in total. The Morgan fingerprint density at radius 3 is 1.26 bits per heavy atom. The van der Waals surface area contributed by atoms with E-state index in [1.807, 2.05) is 133 Å². The van der Waals surface area contributed by atoms with E-state index in [0.29, 0.717) is 35.1 Å². The van der Waals surface area contributed by atoms with Crippen LogP contribution in [0.2, 0.25) is 0 Å². The van der Waals surface area contributed by atoms with Gasteiger partial charge in [0.25, 0.3) is 0 Å². The van der Waals surface area contributed by atoms with Crippen molar-refractivity contribution in [2.45, 2.75) is 0 Å². The number of para-hydroxylation sites is 2. The summed E-state index contributed by atoms with van der Waals surface area (Å²) < 4.78 is 8.96. The van der Waals surface area contributed by atoms with Crippen LogP contribution in [0.4, 0.5) is 0 Å². The molecular weight excluding hydrogens is 763 g/mol. The van der Waals surface area contributed by atoms with Crippen molar-refractivity contribution in [3.63, 3.8) is 0 Å². The molecule has 0 saturated carbocycles. The summed E-state index contributed by atoms with van der Waals surface area (Å²) in [7, 11) is 0. The molecule has 0 bridgehead atoms. The van der Waals surface area contributed by atoms with Crippen molar-refractivity contribution in [1.82, 2.24) is 34.5 Å². The van der Waals surface area contributed by atoms with Crippen LogP contribution >= 0.6 is 0 Å². The highest BCUT2D eigenvalue weighted by molar-refractivity contribution is 6.27. The second kappa shape index (κ2) is 14.6. The highest BCUT2D eigenvalue weighted by Gasteiger charge is 2.25. The van der Waals surface area contributed by atoms with Crippen molar-refractivity contribution in [3.05, 3.63) is 200 Å². The largest absolute Gasteiger partial charge is 0.455 e. The fraction of sp³-hybridized carbons (Fsp3) is 0. The molecule has 12 aromatic rings. The lowest BCUT2D eigenvalue weighted by molar-refractivity contribution is 0.673. The topological polar surface area (TPSA) is 95.4 Å². The van der Waals surface area contributed by atoms with E-state index in [1.165, 1.54) is 0 Å². The minimum Gasteiger partial charge on any atom is -0.455 e. The lowest BCUT2D eigenvalue weighted by atomic mass is 9.97. The Kier molecular flexibility index (Phi) is 8.31. The van der Waals surface area contributed by atoms with Gasteiger partial charge in [-0.15, -0.1) is 0 Å². The Bertz CT molecular complexity index is 3490. The lowest BCUT2D eigenvalue weighted by Gasteiger charge is -2.13. The van der Waals surface area contributed by atoms with Gasteiger partial charge >= 0.3 is 0 Å². The van der Waals surface area contributed by atoms with E-state index in [4.69, 9.17) is 34.3 Å². The minimum absolute atomic E-state index is 0.504. The van der Waals surface area contributed by atoms with Crippen molar-refractivity contribution < 1.29 is 4.42 Å². The monoisotopic (exact) mass is 795 g/mol. The number of furan rings is 1. The first-order chi connectivity index (χ1) is 30.7. The van der Waals surface area contributed by atoms with E-state index in [0.717, 1.165) is 82.7 Å². The van der Waals surface area contributed by atoms with E-state index < -0.39 is 0 Å². The quantitative estimate of drug-likeness (QED) is 0.158. The van der Waals surface area contributed by atoms with Crippen LogP contribution < -0.4 is 0 Å². The van der Waals surface area contributed by atoms with Gasteiger partial charge in [-0.3, -0.25) is 4.57 Å². The molecule has 0 atom stereocenters. The zero-order valence-electron chi connectivity index (χ0n) is 33.1. The van der Waals surface area contributed by atoms with Crippen molar-refractivity contribution >= 4 is 43.7 Å². The van der Waals surface area contributed by atoms with Crippen molar-refractivity contribution in [2.24, 2.45) is 0 Å². The minimum atomic E-state index is 0.504. The molecule has 290 valence electrons. The molecule has 8 aromatic carbocycles. The normalized spacial score (nSPS) is 11.5. The molecule has 8 heteroatoms. The number of rotatable bonds is 7. The maximum atomic E-state index is 6.78. The molecule has 0 spiro atoms. The highest BCUT2D eigenvalue weighted by Crippen LogP contribution is 2.45. The summed E-state index contributed by atoms with van der Waals surface area (Å²) in [5, 5.41) is 4.08. The summed E-state index contributed by atoms with van der Waals surface area (Å²) in [6, 6.07) is 67.6. The summed E-state index contributed by atoms with van der Waals surface area (Å²) in [5.74, 6) is 3.49. The Labute approximate surface area is 355 Å². The van der Waals surface area contributed by atoms with Crippen LogP contribution in [0.3, 0.4) is 0 Å². The van der Waals surface area contributed by atoms with Gasteiger partial charge in [-0.25, -0.2) is 19.9 Å². The number of fused-ring (bicyclic) bond motifs is 7. The van der Waals surface area contributed by atoms with Gasteiger partial charge in [0, 0.05) is 49.5 Å². The standard InChI is InChI=1S/C54H33N7O/c1-5-17-35(18-6-1)49-55-50(36-19-7-2-8-20-36)57-51(56-49)39-31-29-34(30-32-39)42-33-43-40-25-14-16-28-45(40)62-48(43)46-41-26-13-15-27-44(41)61(47(42)46)54-59-52(37-21-9-3-10-22-37)58-53(60-54)38-23-11-4-12-24-38/h1-33H.